The summed E-state index contributed by atoms with van der Waals surface area (Å²) >= 11 is 1.93. The average molecular weight is 539 g/mol. The molecule has 0 aliphatic rings. The van der Waals surface area contributed by atoms with Crippen LogP contribution in [-0.2, 0) is 0 Å². The van der Waals surface area contributed by atoms with Crippen LogP contribution in [0.15, 0.2) is 53.4 Å². The fraction of sp³-hybridized carbons (Fsp3) is 0.559. The number of methoxy groups -OCH3 is 2. The SMILES string of the molecule is CCCCCCCCCCCCCCCCCSc1ccc(C=CC(=O)c2ccc(OC)c(OC)c2)cc1. The van der Waals surface area contributed by atoms with Gasteiger partial charge in [-0.05, 0) is 54.1 Å². The lowest BCUT2D eigenvalue weighted by atomic mass is 10.0. The molecule has 0 aromatic heterocycles. The molecule has 0 saturated heterocycles. The van der Waals surface area contributed by atoms with Crippen molar-refractivity contribution in [1.29, 1.82) is 0 Å². The van der Waals surface area contributed by atoms with Crippen LogP contribution in [-0.4, -0.2) is 25.8 Å². The molecule has 3 nitrogen and oxygen atoms in total. The van der Waals surface area contributed by atoms with Gasteiger partial charge >= 0.3 is 0 Å². The molecular formula is C34H50O3S. The summed E-state index contributed by atoms with van der Waals surface area (Å²) in [5.74, 6) is 2.29. The van der Waals surface area contributed by atoms with Crippen LogP contribution in [0, 0.1) is 0 Å². The predicted octanol–water partition coefficient (Wildman–Crippen LogP) is 10.6. The molecule has 0 N–H and O–H groups in total. The number of rotatable bonds is 22. The molecule has 2 aromatic rings. The Balaban J connectivity index is 1.51. The topological polar surface area (TPSA) is 35.5 Å². The molecule has 0 bridgehead atoms. The van der Waals surface area contributed by atoms with E-state index in [1.54, 1.807) is 38.5 Å². The van der Waals surface area contributed by atoms with E-state index in [1.807, 2.05) is 17.8 Å². The van der Waals surface area contributed by atoms with E-state index in [9.17, 15) is 4.79 Å². The van der Waals surface area contributed by atoms with Crippen LogP contribution < -0.4 is 9.47 Å². The minimum atomic E-state index is -0.0578. The molecule has 0 spiro atoms. The average Bonchev–Trinajstić information content (AvgIpc) is 2.95. The zero-order valence-corrected chi connectivity index (χ0v) is 25.0. The normalized spacial score (nSPS) is 11.2. The van der Waals surface area contributed by atoms with Crippen LogP contribution in [0.1, 0.15) is 119 Å². The highest BCUT2D eigenvalue weighted by Crippen LogP contribution is 2.28. The number of unbranched alkanes of at least 4 members (excludes halogenated alkanes) is 14. The van der Waals surface area contributed by atoms with Gasteiger partial charge in [0.25, 0.3) is 0 Å². The first kappa shape index (κ1) is 32.0. The minimum absolute atomic E-state index is 0.0578. The van der Waals surface area contributed by atoms with Crippen LogP contribution >= 0.6 is 11.8 Å². The van der Waals surface area contributed by atoms with Gasteiger partial charge in [0.05, 0.1) is 14.2 Å². The number of thioether (sulfide) groups is 1. The van der Waals surface area contributed by atoms with Crippen molar-refractivity contribution in [2.24, 2.45) is 0 Å². The van der Waals surface area contributed by atoms with Gasteiger partial charge in [-0.25, -0.2) is 0 Å². The summed E-state index contributed by atoms with van der Waals surface area (Å²) in [5.41, 5.74) is 1.60. The number of hydrogen-bond acceptors (Lipinski definition) is 4. The molecule has 2 aromatic carbocycles. The zero-order chi connectivity index (χ0) is 27.3. The molecule has 0 atom stereocenters. The number of hydrogen-bond donors (Lipinski definition) is 0. The van der Waals surface area contributed by atoms with E-state index >= 15 is 0 Å². The maximum Gasteiger partial charge on any atom is 0.185 e. The van der Waals surface area contributed by atoms with E-state index in [1.165, 1.54) is 107 Å². The van der Waals surface area contributed by atoms with Crippen molar-refractivity contribution in [2.75, 3.05) is 20.0 Å². The molecule has 2 rings (SSSR count). The molecule has 0 fully saturated rings. The van der Waals surface area contributed by atoms with Crippen molar-refractivity contribution < 1.29 is 14.3 Å². The molecule has 0 radical (unpaired) electrons. The smallest absolute Gasteiger partial charge is 0.185 e. The fourth-order valence-electron chi connectivity index (χ4n) is 4.60. The molecule has 0 heterocycles. The van der Waals surface area contributed by atoms with E-state index in [4.69, 9.17) is 9.47 Å². The van der Waals surface area contributed by atoms with Crippen LogP contribution in [0.4, 0.5) is 0 Å². The Morgan fingerprint density at radius 3 is 1.74 bits per heavy atom. The zero-order valence-electron chi connectivity index (χ0n) is 24.1. The molecule has 0 unspecified atom stereocenters. The van der Waals surface area contributed by atoms with E-state index in [2.05, 4.69) is 31.2 Å². The lowest BCUT2D eigenvalue weighted by molar-refractivity contribution is 0.104. The standard InChI is InChI=1S/C34H50O3S/c1-4-5-6-7-8-9-10-11-12-13-14-15-16-17-18-27-38-31-23-19-29(20-24-31)21-25-32(35)30-22-26-33(36-2)34(28-30)37-3/h19-26,28H,4-18,27H2,1-3H3. The second kappa shape index (κ2) is 20.7. The second-order valence-electron chi connectivity index (χ2n) is 10.1. The van der Waals surface area contributed by atoms with Crippen molar-refractivity contribution in [3.63, 3.8) is 0 Å². The first-order chi connectivity index (χ1) is 18.7. The largest absolute Gasteiger partial charge is 0.493 e. The Morgan fingerprint density at radius 1 is 0.684 bits per heavy atom. The third kappa shape index (κ3) is 13.6. The lowest BCUT2D eigenvalue weighted by Crippen LogP contribution is -1.97. The Morgan fingerprint density at radius 2 is 1.21 bits per heavy atom. The third-order valence-corrected chi connectivity index (χ3v) is 8.09. The number of carbonyl (C=O) groups is 1. The van der Waals surface area contributed by atoms with Crippen molar-refractivity contribution in [3.8, 4) is 11.5 Å². The molecule has 0 aliphatic heterocycles. The maximum atomic E-state index is 12.5. The van der Waals surface area contributed by atoms with Crippen LogP contribution in [0.2, 0.25) is 0 Å². The van der Waals surface area contributed by atoms with E-state index in [-0.39, 0.29) is 5.78 Å². The van der Waals surface area contributed by atoms with Gasteiger partial charge in [0.15, 0.2) is 17.3 Å². The summed E-state index contributed by atoms with van der Waals surface area (Å²) in [6, 6.07) is 13.7. The second-order valence-corrected chi connectivity index (χ2v) is 11.3. The maximum absolute atomic E-state index is 12.5. The van der Waals surface area contributed by atoms with Crippen molar-refractivity contribution in [1.82, 2.24) is 0 Å². The number of benzene rings is 2. The van der Waals surface area contributed by atoms with Gasteiger partial charge in [-0.15, -0.1) is 11.8 Å². The highest BCUT2D eigenvalue weighted by atomic mass is 32.2. The monoisotopic (exact) mass is 538 g/mol. The van der Waals surface area contributed by atoms with Gasteiger partial charge in [-0.1, -0.05) is 115 Å². The summed E-state index contributed by atoms with van der Waals surface area (Å²) in [6.45, 7) is 2.29. The van der Waals surface area contributed by atoms with Gasteiger partial charge < -0.3 is 9.47 Å². The molecular weight excluding hydrogens is 488 g/mol. The Kier molecular flexibility index (Phi) is 17.5. The molecule has 210 valence electrons. The van der Waals surface area contributed by atoms with E-state index in [0.29, 0.717) is 17.1 Å². The Labute approximate surface area is 236 Å². The van der Waals surface area contributed by atoms with Gasteiger partial charge in [0.2, 0.25) is 0 Å². The molecule has 0 amide bonds. The van der Waals surface area contributed by atoms with Crippen molar-refractivity contribution >= 4 is 23.6 Å². The van der Waals surface area contributed by atoms with Gasteiger partial charge in [0.1, 0.15) is 0 Å². The van der Waals surface area contributed by atoms with Crippen molar-refractivity contribution in [3.05, 3.63) is 59.7 Å². The summed E-state index contributed by atoms with van der Waals surface area (Å²) in [5, 5.41) is 0. The Bertz CT molecular complexity index is 920. The van der Waals surface area contributed by atoms with E-state index < -0.39 is 0 Å². The highest BCUT2D eigenvalue weighted by Gasteiger charge is 2.08. The van der Waals surface area contributed by atoms with Crippen molar-refractivity contribution in [2.45, 2.75) is 108 Å². The lowest BCUT2D eigenvalue weighted by Gasteiger charge is -2.08. The van der Waals surface area contributed by atoms with Crippen LogP contribution in [0.3, 0.4) is 0 Å². The third-order valence-electron chi connectivity index (χ3n) is 6.99. The fourth-order valence-corrected chi connectivity index (χ4v) is 5.51. The van der Waals surface area contributed by atoms with E-state index in [0.717, 1.165) is 5.56 Å². The van der Waals surface area contributed by atoms with Crippen LogP contribution in [0.25, 0.3) is 6.08 Å². The minimum Gasteiger partial charge on any atom is -0.493 e. The first-order valence-electron chi connectivity index (χ1n) is 14.8. The summed E-state index contributed by atoms with van der Waals surface area (Å²) in [7, 11) is 3.16. The number of ketones is 1. The number of allylic oxidation sites excluding steroid dienone is 1. The predicted molar refractivity (Wildman–Crippen MR) is 165 cm³/mol. The number of ether oxygens (including phenoxy) is 2. The summed E-state index contributed by atoms with van der Waals surface area (Å²) < 4.78 is 10.5. The van der Waals surface area contributed by atoms with Gasteiger partial charge in [-0.2, -0.15) is 0 Å². The first-order valence-corrected chi connectivity index (χ1v) is 15.8. The quantitative estimate of drug-likeness (QED) is 0.0646. The number of carbonyl (C=O) groups excluding carboxylic acids is 1. The molecule has 38 heavy (non-hydrogen) atoms. The highest BCUT2D eigenvalue weighted by molar-refractivity contribution is 7.99. The summed E-state index contributed by atoms with van der Waals surface area (Å²) in [6.07, 6.45) is 24.5. The van der Waals surface area contributed by atoms with Gasteiger partial charge in [-0.3, -0.25) is 4.79 Å². The Hall–Kier alpha value is -2.20. The van der Waals surface area contributed by atoms with Gasteiger partial charge in [0, 0.05) is 10.5 Å². The molecule has 0 aliphatic carbocycles. The summed E-state index contributed by atoms with van der Waals surface area (Å²) in [4.78, 5) is 13.8. The molecule has 0 saturated carbocycles. The molecule has 4 heteroatoms. The van der Waals surface area contributed by atoms with Crippen LogP contribution in [0.5, 0.6) is 11.5 Å².